The van der Waals surface area contributed by atoms with Crippen LogP contribution in [-0.2, 0) is 0 Å². The van der Waals surface area contributed by atoms with Gasteiger partial charge in [-0.2, -0.15) is 0 Å². The largest absolute Gasteiger partial charge is 0.297 e. The lowest BCUT2D eigenvalue weighted by Crippen LogP contribution is -2.19. The molecule has 0 aliphatic heterocycles. The molecule has 1 heteroatoms. The highest BCUT2D eigenvalue weighted by Crippen LogP contribution is 2.40. The van der Waals surface area contributed by atoms with Crippen LogP contribution in [0.15, 0.2) is 64.2 Å². The summed E-state index contributed by atoms with van der Waals surface area (Å²) in [7, 11) is 1.77. The highest BCUT2D eigenvalue weighted by atomic mass is 14.6. The highest BCUT2D eigenvalue weighted by Gasteiger charge is 2.26. The fraction of sp³-hybridized carbons (Fsp3) is 0.450. The summed E-state index contributed by atoms with van der Waals surface area (Å²) >= 11 is 0. The average Bonchev–Trinajstić information content (AvgIpc) is 2.41. The molecule has 1 aliphatic rings. The Morgan fingerprint density at radius 1 is 1.14 bits per heavy atom. The second-order valence-electron chi connectivity index (χ2n) is 6.35. The van der Waals surface area contributed by atoms with Crippen LogP contribution >= 0.6 is 0 Å². The van der Waals surface area contributed by atoms with Crippen LogP contribution in [0.2, 0.25) is 0 Å². The lowest BCUT2D eigenvalue weighted by molar-refractivity contribution is 0.377. The fourth-order valence-electron chi connectivity index (χ4n) is 2.75. The molecule has 21 heavy (non-hydrogen) atoms. The number of rotatable bonds is 5. The molecule has 0 spiro atoms. The molecule has 0 bridgehead atoms. The zero-order valence-corrected chi connectivity index (χ0v) is 14.2. The summed E-state index contributed by atoms with van der Waals surface area (Å²) in [4.78, 5) is 3.89. The standard InChI is InChI=1S/C20H29N/c1-17(11-8-6-7-9-16-21-5)13-14-19-18(2)12-10-15-20(19,3)4/h6-9,11,13-14,16H,10,12,15H2,1-5H3/b8-6+,9-7+,14-13+,17-11+,21-16?. The molecule has 0 saturated carbocycles. The van der Waals surface area contributed by atoms with Gasteiger partial charge in [-0.3, -0.25) is 4.99 Å². The smallest absolute Gasteiger partial charge is 0.0277 e. The summed E-state index contributed by atoms with van der Waals surface area (Å²) in [6.07, 6.45) is 20.3. The van der Waals surface area contributed by atoms with Gasteiger partial charge in [-0.25, -0.2) is 0 Å². The number of nitrogens with zero attached hydrogens (tertiary/aromatic N) is 1. The van der Waals surface area contributed by atoms with Crippen LogP contribution in [0.3, 0.4) is 0 Å². The van der Waals surface area contributed by atoms with E-state index < -0.39 is 0 Å². The van der Waals surface area contributed by atoms with Crippen molar-refractivity contribution in [2.24, 2.45) is 10.4 Å². The Morgan fingerprint density at radius 2 is 1.86 bits per heavy atom. The molecular weight excluding hydrogens is 254 g/mol. The minimum atomic E-state index is 0.317. The maximum Gasteiger partial charge on any atom is 0.0277 e. The number of allylic oxidation sites excluding steroid dienone is 10. The molecule has 0 aromatic carbocycles. The first-order valence-electron chi connectivity index (χ1n) is 7.78. The topological polar surface area (TPSA) is 12.4 Å². The van der Waals surface area contributed by atoms with Gasteiger partial charge < -0.3 is 0 Å². The molecule has 0 atom stereocenters. The van der Waals surface area contributed by atoms with Gasteiger partial charge in [0.25, 0.3) is 0 Å². The molecule has 0 unspecified atom stereocenters. The van der Waals surface area contributed by atoms with Crippen LogP contribution in [0.4, 0.5) is 0 Å². The van der Waals surface area contributed by atoms with Crippen molar-refractivity contribution < 1.29 is 0 Å². The quantitative estimate of drug-likeness (QED) is 0.445. The van der Waals surface area contributed by atoms with Crippen molar-refractivity contribution >= 4 is 6.21 Å². The van der Waals surface area contributed by atoms with E-state index in [0.29, 0.717) is 5.41 Å². The van der Waals surface area contributed by atoms with Crippen molar-refractivity contribution in [1.82, 2.24) is 0 Å². The van der Waals surface area contributed by atoms with Crippen molar-refractivity contribution in [1.29, 1.82) is 0 Å². The van der Waals surface area contributed by atoms with E-state index in [-0.39, 0.29) is 0 Å². The fourth-order valence-corrected chi connectivity index (χ4v) is 2.75. The van der Waals surface area contributed by atoms with Crippen molar-refractivity contribution in [3.8, 4) is 0 Å². The summed E-state index contributed by atoms with van der Waals surface area (Å²) in [6, 6.07) is 0. The molecular formula is C20H29N. The Morgan fingerprint density at radius 3 is 2.52 bits per heavy atom. The number of hydrogen-bond donors (Lipinski definition) is 0. The first kappa shape index (κ1) is 17.4. The van der Waals surface area contributed by atoms with E-state index in [1.807, 2.05) is 18.2 Å². The molecule has 0 aromatic heterocycles. The van der Waals surface area contributed by atoms with E-state index in [0.717, 1.165) is 0 Å². The van der Waals surface area contributed by atoms with Crippen LogP contribution in [0.1, 0.15) is 47.0 Å². The lowest BCUT2D eigenvalue weighted by Gasteiger charge is -2.32. The Labute approximate surface area is 130 Å². The Kier molecular flexibility index (Phi) is 7.14. The van der Waals surface area contributed by atoms with Crippen LogP contribution in [0.25, 0.3) is 0 Å². The SMILES string of the molecule is CN=C/C=C/C=C/C=C(C)/C=C/C1=C(C)CCCC1(C)C. The molecule has 0 radical (unpaired) electrons. The van der Waals surface area contributed by atoms with Gasteiger partial charge in [0.15, 0.2) is 0 Å². The van der Waals surface area contributed by atoms with Crippen LogP contribution < -0.4 is 0 Å². The molecule has 0 amide bonds. The van der Waals surface area contributed by atoms with Crippen molar-refractivity contribution in [3.05, 3.63) is 59.3 Å². The van der Waals surface area contributed by atoms with Gasteiger partial charge >= 0.3 is 0 Å². The molecule has 0 heterocycles. The van der Waals surface area contributed by atoms with Gasteiger partial charge in [-0.15, -0.1) is 0 Å². The van der Waals surface area contributed by atoms with E-state index in [9.17, 15) is 0 Å². The molecule has 0 saturated heterocycles. The summed E-state index contributed by atoms with van der Waals surface area (Å²) < 4.78 is 0. The Bertz CT molecular complexity index is 508. The summed E-state index contributed by atoms with van der Waals surface area (Å²) in [5.74, 6) is 0. The van der Waals surface area contributed by atoms with Crippen molar-refractivity contribution in [3.63, 3.8) is 0 Å². The average molecular weight is 283 g/mol. The number of aliphatic imine (C=N–C) groups is 1. The molecule has 114 valence electrons. The third-order valence-corrected chi connectivity index (χ3v) is 3.98. The van der Waals surface area contributed by atoms with Gasteiger partial charge in [0.1, 0.15) is 0 Å². The van der Waals surface area contributed by atoms with Crippen molar-refractivity contribution in [2.45, 2.75) is 47.0 Å². The van der Waals surface area contributed by atoms with Crippen LogP contribution in [0.5, 0.6) is 0 Å². The third-order valence-electron chi connectivity index (χ3n) is 3.98. The second kappa shape index (κ2) is 8.61. The first-order valence-corrected chi connectivity index (χ1v) is 7.78. The third kappa shape index (κ3) is 6.12. The monoisotopic (exact) mass is 283 g/mol. The Hall–Kier alpha value is -1.63. The van der Waals surface area contributed by atoms with Crippen LogP contribution in [-0.4, -0.2) is 13.3 Å². The van der Waals surface area contributed by atoms with E-state index in [1.54, 1.807) is 18.8 Å². The van der Waals surface area contributed by atoms with E-state index in [2.05, 4.69) is 57.0 Å². The Balaban J connectivity index is 2.71. The molecule has 1 nitrogen and oxygen atoms in total. The molecule has 0 aromatic rings. The van der Waals surface area contributed by atoms with Crippen molar-refractivity contribution in [2.75, 3.05) is 7.05 Å². The molecule has 0 fully saturated rings. The van der Waals surface area contributed by atoms with Gasteiger partial charge in [-0.1, -0.05) is 61.4 Å². The van der Waals surface area contributed by atoms with E-state index >= 15 is 0 Å². The minimum absolute atomic E-state index is 0.317. The van der Waals surface area contributed by atoms with Gasteiger partial charge in [0.2, 0.25) is 0 Å². The van der Waals surface area contributed by atoms with Crippen LogP contribution in [0, 0.1) is 5.41 Å². The van der Waals surface area contributed by atoms with Gasteiger partial charge in [0, 0.05) is 13.3 Å². The zero-order valence-electron chi connectivity index (χ0n) is 14.2. The van der Waals surface area contributed by atoms with E-state index in [4.69, 9.17) is 0 Å². The van der Waals surface area contributed by atoms with Gasteiger partial charge in [0.05, 0.1) is 0 Å². The normalized spacial score (nSPS) is 20.7. The first-order chi connectivity index (χ1) is 9.97. The predicted molar refractivity (Wildman–Crippen MR) is 95.9 cm³/mol. The maximum absolute atomic E-state index is 3.89. The summed E-state index contributed by atoms with van der Waals surface area (Å²) in [5, 5.41) is 0. The van der Waals surface area contributed by atoms with E-state index in [1.165, 1.54) is 30.4 Å². The molecule has 1 rings (SSSR count). The summed E-state index contributed by atoms with van der Waals surface area (Å²) in [5.41, 5.74) is 4.65. The summed E-state index contributed by atoms with van der Waals surface area (Å²) in [6.45, 7) is 9.13. The lowest BCUT2D eigenvalue weighted by atomic mass is 9.72. The zero-order chi connectivity index (χ0) is 15.7. The van der Waals surface area contributed by atoms with Gasteiger partial charge in [-0.05, 0) is 50.2 Å². The predicted octanol–water partition coefficient (Wildman–Crippen LogP) is 5.83. The minimum Gasteiger partial charge on any atom is -0.297 e. The highest BCUT2D eigenvalue weighted by molar-refractivity contribution is 5.71. The number of hydrogen-bond acceptors (Lipinski definition) is 1. The second-order valence-corrected chi connectivity index (χ2v) is 6.35. The molecule has 0 N–H and O–H groups in total. The maximum atomic E-state index is 3.89. The molecule has 1 aliphatic carbocycles.